The molecule has 2 aromatic rings. The number of nitrogens with zero attached hydrogens (tertiary/aromatic N) is 4. The first kappa shape index (κ1) is 22.5. The Morgan fingerprint density at radius 1 is 1.30 bits per heavy atom. The molecule has 0 aromatic carbocycles. The molecule has 3 heterocycles. The van der Waals surface area contributed by atoms with Gasteiger partial charge in [-0.1, -0.05) is 6.42 Å². The summed E-state index contributed by atoms with van der Waals surface area (Å²) in [7, 11) is -4.72. The maximum Gasteiger partial charge on any atom is 0.469 e. The van der Waals surface area contributed by atoms with Gasteiger partial charge in [-0.25, -0.2) is 19.5 Å². The third-order valence-corrected chi connectivity index (χ3v) is 5.14. The summed E-state index contributed by atoms with van der Waals surface area (Å²) in [6.45, 7) is 0.109. The van der Waals surface area contributed by atoms with Crippen LogP contribution in [0.5, 0.6) is 0 Å². The Labute approximate surface area is 172 Å². The zero-order chi connectivity index (χ0) is 21.7. The molecule has 30 heavy (non-hydrogen) atoms. The fraction of sp³-hybridized carbons (Fsp3) is 0.625. The van der Waals surface area contributed by atoms with Gasteiger partial charge in [0.2, 0.25) is 0 Å². The molecule has 0 spiro atoms. The van der Waals surface area contributed by atoms with Gasteiger partial charge in [-0.2, -0.15) is 0 Å². The number of hydrogen-bond acceptors (Lipinski definition) is 10. The number of fused-ring (bicyclic) bond motifs is 1. The minimum atomic E-state index is -4.72. The molecule has 0 bridgehead atoms. The van der Waals surface area contributed by atoms with Crippen LogP contribution in [0.2, 0.25) is 0 Å². The average molecular weight is 444 g/mol. The van der Waals surface area contributed by atoms with Gasteiger partial charge < -0.3 is 30.7 Å². The van der Waals surface area contributed by atoms with Crippen LogP contribution in [0.4, 0.5) is 5.82 Å². The fourth-order valence-corrected chi connectivity index (χ4v) is 3.56. The number of carbonyl (C=O) groups is 1. The number of hydrogen-bond donors (Lipinski definition) is 4. The first-order valence-electron chi connectivity index (χ1n) is 9.46. The highest BCUT2D eigenvalue weighted by atomic mass is 31.2. The fourth-order valence-electron chi connectivity index (χ4n) is 3.21. The third-order valence-electron chi connectivity index (χ3n) is 4.65. The Morgan fingerprint density at radius 2 is 2.10 bits per heavy atom. The molecule has 0 radical (unpaired) electrons. The standard InChI is InChI=1S/C16H25N6O7P/c17-5-3-1-2-4-13(23)29-10-6-12(28-11(10)7-27-30(24,25)26)22-9-21-14-15(18)19-8-20-16(14)22/h8-12H,1-7,17H2,(H2,18,19,20)(H2,24,25,26)/t10-,11+,12+/m0/s1. The largest absolute Gasteiger partial charge is 0.469 e. The van der Waals surface area contributed by atoms with Crippen molar-refractivity contribution in [2.24, 2.45) is 5.73 Å². The minimum absolute atomic E-state index is 0.207. The number of carbonyl (C=O) groups excluding carboxylic acids is 1. The molecule has 1 aliphatic heterocycles. The molecule has 1 aliphatic rings. The number of esters is 1. The molecule has 3 rings (SSSR count). The van der Waals surface area contributed by atoms with E-state index in [1.54, 1.807) is 4.57 Å². The topological polar surface area (TPSA) is 198 Å². The van der Waals surface area contributed by atoms with Gasteiger partial charge in [-0.3, -0.25) is 13.9 Å². The summed E-state index contributed by atoms with van der Waals surface area (Å²) in [6, 6.07) is 0. The second kappa shape index (κ2) is 9.77. The number of imidazole rings is 1. The quantitative estimate of drug-likeness (QED) is 0.221. The molecule has 2 aromatic heterocycles. The van der Waals surface area contributed by atoms with Crippen molar-refractivity contribution in [3.05, 3.63) is 12.7 Å². The molecule has 6 N–H and O–H groups in total. The minimum Gasteiger partial charge on any atom is -0.459 e. The average Bonchev–Trinajstić information content (AvgIpc) is 3.28. The highest BCUT2D eigenvalue weighted by Crippen LogP contribution is 2.39. The van der Waals surface area contributed by atoms with Gasteiger partial charge in [0.15, 0.2) is 11.5 Å². The van der Waals surface area contributed by atoms with Gasteiger partial charge in [0.05, 0.1) is 12.9 Å². The van der Waals surface area contributed by atoms with E-state index in [0.717, 1.165) is 12.8 Å². The smallest absolute Gasteiger partial charge is 0.459 e. The second-order valence-electron chi connectivity index (χ2n) is 6.86. The number of phosphoric acid groups is 1. The maximum absolute atomic E-state index is 12.2. The summed E-state index contributed by atoms with van der Waals surface area (Å²) in [6.07, 6.45) is 3.17. The summed E-state index contributed by atoms with van der Waals surface area (Å²) in [4.78, 5) is 42.4. The number of unbranched alkanes of at least 4 members (excludes halogenated alkanes) is 2. The van der Waals surface area contributed by atoms with Gasteiger partial charge in [0.25, 0.3) is 0 Å². The Balaban J connectivity index is 1.71. The molecule has 166 valence electrons. The van der Waals surface area contributed by atoms with Gasteiger partial charge in [-0.15, -0.1) is 0 Å². The third kappa shape index (κ3) is 5.72. The predicted octanol–water partition coefficient (Wildman–Crippen LogP) is 0.236. The van der Waals surface area contributed by atoms with Crippen LogP contribution < -0.4 is 11.5 Å². The molecule has 0 saturated carbocycles. The van der Waals surface area contributed by atoms with Crippen LogP contribution in [0.25, 0.3) is 11.2 Å². The van der Waals surface area contributed by atoms with Crippen molar-refractivity contribution >= 4 is 30.8 Å². The van der Waals surface area contributed by atoms with Gasteiger partial charge in [0.1, 0.15) is 30.3 Å². The van der Waals surface area contributed by atoms with Gasteiger partial charge in [-0.05, 0) is 19.4 Å². The maximum atomic E-state index is 12.2. The number of ether oxygens (including phenoxy) is 2. The van der Waals surface area contributed by atoms with Crippen molar-refractivity contribution in [1.82, 2.24) is 19.5 Å². The van der Waals surface area contributed by atoms with Crippen LogP contribution in [0, 0.1) is 0 Å². The number of aromatic nitrogens is 4. The Morgan fingerprint density at radius 3 is 2.83 bits per heavy atom. The van der Waals surface area contributed by atoms with E-state index in [1.807, 2.05) is 0 Å². The molecule has 13 nitrogen and oxygen atoms in total. The van der Waals surface area contributed by atoms with Crippen LogP contribution in [-0.4, -0.2) is 60.6 Å². The van der Waals surface area contributed by atoms with Gasteiger partial charge in [0, 0.05) is 12.8 Å². The van der Waals surface area contributed by atoms with Gasteiger partial charge >= 0.3 is 13.8 Å². The molecule has 0 aliphatic carbocycles. The van der Waals surface area contributed by atoms with E-state index in [9.17, 15) is 9.36 Å². The zero-order valence-corrected chi connectivity index (χ0v) is 17.1. The first-order chi connectivity index (χ1) is 14.3. The number of anilines is 1. The Kier molecular flexibility index (Phi) is 7.34. The first-order valence-corrected chi connectivity index (χ1v) is 11.0. The molecule has 0 unspecified atom stereocenters. The van der Waals surface area contributed by atoms with Crippen molar-refractivity contribution in [2.45, 2.75) is 50.5 Å². The van der Waals surface area contributed by atoms with Crippen LogP contribution in [0.3, 0.4) is 0 Å². The lowest BCUT2D eigenvalue weighted by atomic mass is 10.1. The summed E-state index contributed by atoms with van der Waals surface area (Å²) < 4.78 is 28.7. The van der Waals surface area contributed by atoms with E-state index in [-0.39, 0.29) is 18.7 Å². The summed E-state index contributed by atoms with van der Waals surface area (Å²) >= 11 is 0. The van der Waals surface area contributed by atoms with E-state index in [2.05, 4.69) is 19.5 Å². The van der Waals surface area contributed by atoms with Crippen molar-refractivity contribution in [3.63, 3.8) is 0 Å². The molecule has 14 heteroatoms. The Bertz CT molecular complexity index is 919. The van der Waals surface area contributed by atoms with E-state index in [1.165, 1.54) is 12.7 Å². The second-order valence-corrected chi connectivity index (χ2v) is 8.10. The lowest BCUT2D eigenvalue weighted by molar-refractivity contribution is -0.153. The van der Waals surface area contributed by atoms with Crippen LogP contribution in [0.1, 0.15) is 38.3 Å². The molecule has 1 saturated heterocycles. The van der Waals surface area contributed by atoms with E-state index in [0.29, 0.717) is 24.1 Å². The molecule has 3 atom stereocenters. The van der Waals surface area contributed by atoms with E-state index in [4.69, 9.17) is 30.7 Å². The molecule has 0 amide bonds. The molecular formula is C16H25N6O7P. The number of rotatable bonds is 10. The van der Waals surface area contributed by atoms with Crippen molar-refractivity contribution in [1.29, 1.82) is 0 Å². The number of phosphoric ester groups is 1. The summed E-state index contributed by atoms with van der Waals surface area (Å²) in [5, 5.41) is 0. The van der Waals surface area contributed by atoms with Crippen molar-refractivity contribution < 1.29 is 33.1 Å². The Hall–Kier alpha value is -2.15. The van der Waals surface area contributed by atoms with Crippen LogP contribution >= 0.6 is 7.82 Å². The zero-order valence-electron chi connectivity index (χ0n) is 16.2. The summed E-state index contributed by atoms with van der Waals surface area (Å²) in [5.74, 6) is -0.219. The van der Waals surface area contributed by atoms with E-state index < -0.39 is 38.8 Å². The predicted molar refractivity (Wildman–Crippen MR) is 104 cm³/mol. The number of nitrogen functional groups attached to an aromatic ring is 1. The normalized spacial score (nSPS) is 21.9. The van der Waals surface area contributed by atoms with E-state index >= 15 is 0 Å². The van der Waals surface area contributed by atoms with Crippen LogP contribution in [0.15, 0.2) is 12.7 Å². The lowest BCUT2D eigenvalue weighted by Crippen LogP contribution is -2.30. The highest BCUT2D eigenvalue weighted by Gasteiger charge is 2.40. The highest BCUT2D eigenvalue weighted by molar-refractivity contribution is 7.46. The van der Waals surface area contributed by atoms with Crippen molar-refractivity contribution in [2.75, 3.05) is 18.9 Å². The monoisotopic (exact) mass is 444 g/mol. The van der Waals surface area contributed by atoms with Crippen molar-refractivity contribution in [3.8, 4) is 0 Å². The van der Waals surface area contributed by atoms with Crippen LogP contribution in [-0.2, 0) is 23.4 Å². The summed E-state index contributed by atoms with van der Waals surface area (Å²) in [5.41, 5.74) is 12.1. The lowest BCUT2D eigenvalue weighted by Gasteiger charge is -2.19. The molecular weight excluding hydrogens is 419 g/mol. The SMILES string of the molecule is NCCCCCC(=O)O[C@H]1C[C@H](n2cnc3c(N)ncnc32)O[C@@H]1COP(=O)(O)O. The molecule has 1 fully saturated rings. The number of nitrogens with two attached hydrogens (primary N) is 2.